The van der Waals surface area contributed by atoms with Gasteiger partial charge in [-0.05, 0) is 0 Å². The fourth-order valence-electron chi connectivity index (χ4n) is 3.51. The van der Waals surface area contributed by atoms with Gasteiger partial charge in [0.05, 0.1) is 18.9 Å². The number of benzene rings is 3. The summed E-state index contributed by atoms with van der Waals surface area (Å²) in [5.74, 6) is 0. The number of oxime groups is 1. The Morgan fingerprint density at radius 3 is 1.44 bits per heavy atom. The average Bonchev–Trinajstić information content (AvgIpc) is 2.77. The smallest absolute Gasteiger partial charge is 0.212 e. The van der Waals surface area contributed by atoms with E-state index in [4.69, 9.17) is 9.57 Å². The molecule has 1 aliphatic rings. The largest absolute Gasteiger partial charge is 0.381 e. The lowest BCUT2D eigenvalue weighted by molar-refractivity contribution is 0.0144. The van der Waals surface area contributed by atoms with Gasteiger partial charge in [-0.1, -0.05) is 96.2 Å². The lowest BCUT2D eigenvalue weighted by Crippen LogP contribution is -2.32. The van der Waals surface area contributed by atoms with Crippen molar-refractivity contribution >= 4 is 5.71 Å². The maximum absolute atomic E-state index is 6.46. The van der Waals surface area contributed by atoms with Gasteiger partial charge >= 0.3 is 0 Å². The molecular weight excluding hydrogens is 334 g/mol. The highest BCUT2D eigenvalue weighted by atomic mass is 16.7. The Balaban J connectivity index is 1.89. The minimum atomic E-state index is -0.797. The second-order valence-corrected chi connectivity index (χ2v) is 6.64. The van der Waals surface area contributed by atoms with E-state index in [1.165, 1.54) is 0 Å². The van der Waals surface area contributed by atoms with E-state index in [1.807, 2.05) is 54.6 Å². The normalized spacial score (nSPS) is 14.6. The van der Waals surface area contributed by atoms with Crippen molar-refractivity contribution in [3.63, 3.8) is 0 Å². The van der Waals surface area contributed by atoms with Crippen molar-refractivity contribution in [2.24, 2.45) is 5.16 Å². The van der Waals surface area contributed by atoms with Crippen LogP contribution in [0.15, 0.2) is 96.2 Å². The minimum absolute atomic E-state index is 0.706. The predicted octanol–water partition coefficient (Wildman–Crippen LogP) is 5.16. The van der Waals surface area contributed by atoms with E-state index in [0.717, 1.165) is 35.2 Å². The number of ether oxygens (including phenoxy) is 1. The van der Waals surface area contributed by atoms with Crippen molar-refractivity contribution in [2.45, 2.75) is 18.4 Å². The summed E-state index contributed by atoms with van der Waals surface area (Å²) in [7, 11) is 0. The van der Waals surface area contributed by atoms with Crippen LogP contribution in [0.3, 0.4) is 0 Å². The van der Waals surface area contributed by atoms with E-state index in [0.29, 0.717) is 13.2 Å². The Hall–Kier alpha value is -2.91. The predicted molar refractivity (Wildman–Crippen MR) is 108 cm³/mol. The van der Waals surface area contributed by atoms with Gasteiger partial charge in [-0.2, -0.15) is 0 Å². The Kier molecular flexibility index (Phi) is 5.31. The van der Waals surface area contributed by atoms with E-state index in [-0.39, 0.29) is 0 Å². The third kappa shape index (κ3) is 3.64. The van der Waals surface area contributed by atoms with E-state index in [1.54, 1.807) is 0 Å². The Labute approximate surface area is 160 Å². The monoisotopic (exact) mass is 357 g/mol. The molecule has 0 aromatic heterocycles. The van der Waals surface area contributed by atoms with Gasteiger partial charge < -0.3 is 9.57 Å². The highest BCUT2D eigenvalue weighted by Crippen LogP contribution is 2.40. The Bertz CT molecular complexity index is 771. The summed E-state index contributed by atoms with van der Waals surface area (Å²) in [5, 5.41) is 4.62. The SMILES string of the molecule is c1ccc(C(ON=C2CCOCC2)(c2ccccc2)c2ccccc2)cc1. The molecule has 27 heavy (non-hydrogen) atoms. The van der Waals surface area contributed by atoms with Crippen molar-refractivity contribution in [1.29, 1.82) is 0 Å². The number of hydrogen-bond acceptors (Lipinski definition) is 3. The lowest BCUT2D eigenvalue weighted by atomic mass is 9.80. The summed E-state index contributed by atoms with van der Waals surface area (Å²) in [6.07, 6.45) is 1.63. The maximum atomic E-state index is 6.46. The molecule has 3 heteroatoms. The van der Waals surface area contributed by atoms with Gasteiger partial charge in [0.15, 0.2) is 0 Å². The molecular formula is C24H23NO2. The van der Waals surface area contributed by atoms with Crippen LogP contribution in [0, 0.1) is 0 Å². The van der Waals surface area contributed by atoms with Gasteiger partial charge in [-0.25, -0.2) is 0 Å². The van der Waals surface area contributed by atoms with Crippen molar-refractivity contribution in [2.75, 3.05) is 13.2 Å². The first-order valence-corrected chi connectivity index (χ1v) is 9.38. The van der Waals surface area contributed by atoms with E-state index < -0.39 is 5.60 Å². The van der Waals surface area contributed by atoms with Gasteiger partial charge in [0, 0.05) is 29.5 Å². The van der Waals surface area contributed by atoms with Crippen LogP contribution in [0.2, 0.25) is 0 Å². The molecule has 0 amide bonds. The van der Waals surface area contributed by atoms with Crippen molar-refractivity contribution in [3.8, 4) is 0 Å². The van der Waals surface area contributed by atoms with Crippen LogP contribution in [0.1, 0.15) is 29.5 Å². The summed E-state index contributed by atoms with van der Waals surface area (Å²) in [4.78, 5) is 6.46. The third-order valence-corrected chi connectivity index (χ3v) is 4.92. The first kappa shape index (κ1) is 17.5. The first-order chi connectivity index (χ1) is 13.4. The molecule has 136 valence electrons. The molecule has 1 saturated heterocycles. The molecule has 0 spiro atoms. The van der Waals surface area contributed by atoms with Crippen molar-refractivity contribution in [3.05, 3.63) is 108 Å². The summed E-state index contributed by atoms with van der Waals surface area (Å²) in [6.45, 7) is 1.41. The summed E-state index contributed by atoms with van der Waals surface area (Å²) >= 11 is 0. The third-order valence-electron chi connectivity index (χ3n) is 4.92. The van der Waals surface area contributed by atoms with Crippen LogP contribution >= 0.6 is 0 Å². The standard InChI is InChI=1S/C24H23NO2/c1-4-10-20(11-5-1)24(21-12-6-2-7-13-21,22-14-8-3-9-15-22)27-25-23-16-18-26-19-17-23/h1-15H,16-19H2. The topological polar surface area (TPSA) is 30.8 Å². The van der Waals surface area contributed by atoms with Crippen molar-refractivity contribution < 1.29 is 9.57 Å². The quantitative estimate of drug-likeness (QED) is 0.466. The highest BCUT2D eigenvalue weighted by molar-refractivity contribution is 5.84. The second-order valence-electron chi connectivity index (χ2n) is 6.64. The number of hydrogen-bond donors (Lipinski definition) is 0. The van der Waals surface area contributed by atoms with Gasteiger partial charge in [0.2, 0.25) is 5.60 Å². The maximum Gasteiger partial charge on any atom is 0.212 e. The molecule has 0 saturated carbocycles. The zero-order valence-corrected chi connectivity index (χ0v) is 15.3. The Morgan fingerprint density at radius 1 is 0.630 bits per heavy atom. The van der Waals surface area contributed by atoms with Crippen molar-refractivity contribution in [1.82, 2.24) is 0 Å². The molecule has 3 aromatic rings. The van der Waals surface area contributed by atoms with Gasteiger partial charge in [-0.15, -0.1) is 0 Å². The molecule has 4 rings (SSSR count). The second kappa shape index (κ2) is 8.19. The van der Waals surface area contributed by atoms with E-state index >= 15 is 0 Å². The lowest BCUT2D eigenvalue weighted by Gasteiger charge is -2.33. The summed E-state index contributed by atoms with van der Waals surface area (Å²) < 4.78 is 5.45. The molecule has 3 aromatic carbocycles. The molecule has 1 fully saturated rings. The van der Waals surface area contributed by atoms with Crippen LogP contribution in [0.25, 0.3) is 0 Å². The molecule has 1 aliphatic heterocycles. The fourth-order valence-corrected chi connectivity index (χ4v) is 3.51. The average molecular weight is 357 g/mol. The molecule has 0 atom stereocenters. The molecule has 3 nitrogen and oxygen atoms in total. The van der Waals surface area contributed by atoms with E-state index in [9.17, 15) is 0 Å². The van der Waals surface area contributed by atoms with E-state index in [2.05, 4.69) is 41.6 Å². The molecule has 0 bridgehead atoms. The molecule has 0 unspecified atom stereocenters. The van der Waals surface area contributed by atoms with Crippen LogP contribution in [-0.2, 0) is 15.2 Å². The summed E-state index contributed by atoms with van der Waals surface area (Å²) in [5.41, 5.74) is 3.42. The Morgan fingerprint density at radius 2 is 1.04 bits per heavy atom. The molecule has 0 N–H and O–H groups in total. The zero-order valence-electron chi connectivity index (χ0n) is 15.3. The van der Waals surface area contributed by atoms with Gasteiger partial charge in [-0.3, -0.25) is 0 Å². The molecule has 1 heterocycles. The molecule has 0 radical (unpaired) electrons. The van der Waals surface area contributed by atoms with Crippen LogP contribution in [0.5, 0.6) is 0 Å². The minimum Gasteiger partial charge on any atom is -0.381 e. The fraction of sp³-hybridized carbons (Fsp3) is 0.208. The highest BCUT2D eigenvalue weighted by Gasteiger charge is 2.39. The van der Waals surface area contributed by atoms with Crippen LogP contribution in [-0.4, -0.2) is 18.9 Å². The number of nitrogens with zero attached hydrogens (tertiary/aromatic N) is 1. The van der Waals surface area contributed by atoms with Gasteiger partial charge in [0.1, 0.15) is 0 Å². The first-order valence-electron chi connectivity index (χ1n) is 9.38. The van der Waals surface area contributed by atoms with Crippen LogP contribution in [0.4, 0.5) is 0 Å². The summed E-state index contributed by atoms with van der Waals surface area (Å²) in [6, 6.07) is 30.9. The molecule has 0 aliphatic carbocycles. The van der Waals surface area contributed by atoms with Gasteiger partial charge in [0.25, 0.3) is 0 Å². The number of rotatable bonds is 5. The zero-order chi connectivity index (χ0) is 18.4. The van der Waals surface area contributed by atoms with Crippen LogP contribution < -0.4 is 0 Å².